The molecule has 0 unspecified atom stereocenters. The topological polar surface area (TPSA) is 79.1 Å². The van der Waals surface area contributed by atoms with Gasteiger partial charge in [0, 0.05) is 24.5 Å². The zero-order chi connectivity index (χ0) is 9.23. The highest BCUT2D eigenvalue weighted by molar-refractivity contribution is 5.72. The number of carbonyl (C=O) groups excluding carboxylic acids is 1. The van der Waals surface area contributed by atoms with E-state index in [1.807, 2.05) is 6.07 Å². The summed E-state index contributed by atoms with van der Waals surface area (Å²) >= 11 is 0. The second-order valence-corrected chi connectivity index (χ2v) is 1.90. The molecule has 0 spiro atoms. The van der Waals surface area contributed by atoms with Gasteiger partial charge in [-0.15, -0.1) is 0 Å². The molecule has 12 heavy (non-hydrogen) atoms. The summed E-state index contributed by atoms with van der Waals surface area (Å²) in [5.41, 5.74) is 5.57. The summed E-state index contributed by atoms with van der Waals surface area (Å²) in [6.45, 7) is 0.472. The monoisotopic (exact) mass is 168 g/mol. The first-order valence-corrected chi connectivity index (χ1v) is 3.50. The standard InChI is InChI=1S/C6H5NO.C2H7NO/c8-5-3-6-2-1-4-7-6;3-1-2-4/h1-4,7H;4H,1-3H2. The minimum absolute atomic E-state index is 0.0972. The van der Waals surface area contributed by atoms with Crippen LogP contribution in [-0.4, -0.2) is 29.2 Å². The van der Waals surface area contributed by atoms with Crippen molar-refractivity contribution in [3.05, 3.63) is 24.0 Å². The molecule has 0 saturated heterocycles. The van der Waals surface area contributed by atoms with Gasteiger partial charge < -0.3 is 15.8 Å². The van der Waals surface area contributed by atoms with E-state index in [0.717, 1.165) is 5.69 Å². The van der Waals surface area contributed by atoms with Crippen LogP contribution in [-0.2, 0) is 4.79 Å². The fourth-order valence-corrected chi connectivity index (χ4v) is 0.497. The summed E-state index contributed by atoms with van der Waals surface area (Å²) in [7, 11) is 0. The maximum absolute atomic E-state index is 9.67. The third-order valence-corrected chi connectivity index (χ3v) is 0.966. The van der Waals surface area contributed by atoms with E-state index in [0.29, 0.717) is 6.54 Å². The zero-order valence-corrected chi connectivity index (χ0v) is 6.66. The molecule has 4 nitrogen and oxygen atoms in total. The predicted octanol–water partition coefficient (Wildman–Crippen LogP) is -0.203. The summed E-state index contributed by atoms with van der Waals surface area (Å²) in [5.74, 6) is 1.66. The Labute approximate surface area is 70.7 Å². The lowest BCUT2D eigenvalue weighted by atomic mass is 10.4. The summed E-state index contributed by atoms with van der Waals surface area (Å²) in [6, 6.07) is 3.62. The number of aromatic nitrogens is 1. The fraction of sp³-hybridized carbons (Fsp3) is 0.250. The lowest BCUT2D eigenvalue weighted by Crippen LogP contribution is -2.02. The number of nitrogens with one attached hydrogen (secondary N) is 1. The molecule has 0 saturated carbocycles. The van der Waals surface area contributed by atoms with Crippen LogP contribution in [0.5, 0.6) is 0 Å². The van der Waals surface area contributed by atoms with Crippen molar-refractivity contribution < 1.29 is 9.90 Å². The van der Waals surface area contributed by atoms with Gasteiger partial charge in [-0.05, 0) is 12.1 Å². The highest BCUT2D eigenvalue weighted by Crippen LogP contribution is 1.92. The van der Waals surface area contributed by atoms with Gasteiger partial charge in [-0.2, -0.15) is 0 Å². The van der Waals surface area contributed by atoms with Crippen LogP contribution in [0.3, 0.4) is 0 Å². The molecule has 4 N–H and O–H groups in total. The highest BCUT2D eigenvalue weighted by Gasteiger charge is 1.79. The predicted molar refractivity (Wildman–Crippen MR) is 47.1 cm³/mol. The molecule has 1 heterocycles. The maximum Gasteiger partial charge on any atom is 0.126 e. The van der Waals surface area contributed by atoms with Gasteiger partial charge in [0.15, 0.2) is 0 Å². The van der Waals surface area contributed by atoms with Crippen molar-refractivity contribution in [2.24, 2.45) is 5.73 Å². The van der Waals surface area contributed by atoms with Crippen molar-refractivity contribution in [3.63, 3.8) is 0 Å². The molecular weight excluding hydrogens is 156 g/mol. The molecule has 0 radical (unpaired) electrons. The van der Waals surface area contributed by atoms with Crippen LogP contribution in [0.4, 0.5) is 0 Å². The molecule has 0 aliphatic carbocycles. The Hall–Kier alpha value is -1.35. The van der Waals surface area contributed by atoms with Crippen LogP contribution in [0, 0.1) is 0 Å². The van der Waals surface area contributed by atoms with Crippen molar-refractivity contribution >= 4 is 12.0 Å². The normalized spacial score (nSPS) is 7.83. The molecule has 0 bridgehead atoms. The van der Waals surface area contributed by atoms with E-state index >= 15 is 0 Å². The number of hydrogen-bond acceptors (Lipinski definition) is 3. The number of aromatic amines is 1. The van der Waals surface area contributed by atoms with Crippen molar-refractivity contribution in [1.29, 1.82) is 0 Å². The van der Waals surface area contributed by atoms with Crippen molar-refractivity contribution in [2.75, 3.05) is 13.2 Å². The average molecular weight is 168 g/mol. The van der Waals surface area contributed by atoms with Crippen LogP contribution < -0.4 is 5.73 Å². The third-order valence-electron chi connectivity index (χ3n) is 0.966. The Kier molecular flexibility index (Phi) is 6.88. The van der Waals surface area contributed by atoms with Gasteiger partial charge in [0.25, 0.3) is 0 Å². The van der Waals surface area contributed by atoms with Gasteiger partial charge >= 0.3 is 0 Å². The molecule has 1 aromatic rings. The van der Waals surface area contributed by atoms with Crippen LogP contribution in [0.1, 0.15) is 5.69 Å². The molecule has 0 aliphatic heterocycles. The van der Waals surface area contributed by atoms with Crippen LogP contribution in [0.2, 0.25) is 0 Å². The summed E-state index contributed by atoms with van der Waals surface area (Å²) < 4.78 is 0. The van der Waals surface area contributed by atoms with Crippen molar-refractivity contribution in [1.82, 2.24) is 4.98 Å². The smallest absolute Gasteiger partial charge is 0.126 e. The number of hydrogen-bond donors (Lipinski definition) is 3. The SMILES string of the molecule is NCCO.O=C=Cc1ccc[nH]1. The molecule has 0 aromatic carbocycles. The van der Waals surface area contributed by atoms with E-state index in [9.17, 15) is 4.79 Å². The number of aliphatic hydroxyl groups is 1. The van der Waals surface area contributed by atoms with Crippen LogP contribution in [0.25, 0.3) is 6.08 Å². The Balaban J connectivity index is 0.000000261. The Morgan fingerprint density at radius 2 is 2.42 bits per heavy atom. The first-order chi connectivity index (χ1) is 5.85. The van der Waals surface area contributed by atoms with E-state index < -0.39 is 0 Å². The fourth-order valence-electron chi connectivity index (χ4n) is 0.497. The molecular formula is C8H12N2O2. The van der Waals surface area contributed by atoms with E-state index in [-0.39, 0.29) is 6.61 Å². The summed E-state index contributed by atoms with van der Waals surface area (Å²) in [6.07, 6.45) is 3.10. The first-order valence-electron chi connectivity index (χ1n) is 3.50. The first kappa shape index (κ1) is 10.7. The lowest BCUT2D eigenvalue weighted by Gasteiger charge is -1.73. The molecule has 1 rings (SSSR count). The summed E-state index contributed by atoms with van der Waals surface area (Å²) in [5, 5.41) is 7.75. The second kappa shape index (κ2) is 7.75. The zero-order valence-electron chi connectivity index (χ0n) is 6.66. The van der Waals surface area contributed by atoms with E-state index in [4.69, 9.17) is 10.8 Å². The number of rotatable bonds is 2. The Morgan fingerprint density at radius 1 is 1.75 bits per heavy atom. The number of H-pyrrole nitrogens is 1. The van der Waals surface area contributed by atoms with Gasteiger partial charge in [-0.1, -0.05) is 0 Å². The Morgan fingerprint density at radius 3 is 2.75 bits per heavy atom. The molecule has 0 amide bonds. The quantitative estimate of drug-likeness (QED) is 0.535. The van der Waals surface area contributed by atoms with Crippen LogP contribution >= 0.6 is 0 Å². The van der Waals surface area contributed by atoms with Crippen LogP contribution in [0.15, 0.2) is 18.3 Å². The number of nitrogens with two attached hydrogens (primary N) is 1. The lowest BCUT2D eigenvalue weighted by molar-refractivity contribution is 0.306. The van der Waals surface area contributed by atoms with Crippen molar-refractivity contribution in [2.45, 2.75) is 0 Å². The van der Waals surface area contributed by atoms with Gasteiger partial charge in [0.1, 0.15) is 5.94 Å². The minimum atomic E-state index is 0.0972. The summed E-state index contributed by atoms with van der Waals surface area (Å²) in [4.78, 5) is 12.5. The largest absolute Gasteiger partial charge is 0.395 e. The van der Waals surface area contributed by atoms with E-state index in [1.54, 1.807) is 18.2 Å². The second-order valence-electron chi connectivity index (χ2n) is 1.90. The highest BCUT2D eigenvalue weighted by atomic mass is 16.3. The molecule has 0 fully saturated rings. The number of aliphatic hydroxyl groups excluding tert-OH is 1. The van der Waals surface area contributed by atoms with E-state index in [2.05, 4.69) is 4.98 Å². The maximum atomic E-state index is 9.67. The van der Waals surface area contributed by atoms with Gasteiger partial charge in [-0.3, -0.25) is 0 Å². The molecule has 4 heteroatoms. The molecule has 1 aromatic heterocycles. The van der Waals surface area contributed by atoms with Gasteiger partial charge in [-0.25, -0.2) is 4.79 Å². The third kappa shape index (κ3) is 5.44. The van der Waals surface area contributed by atoms with E-state index in [1.165, 1.54) is 6.08 Å². The molecule has 66 valence electrons. The van der Waals surface area contributed by atoms with Crippen molar-refractivity contribution in [3.8, 4) is 0 Å². The van der Waals surface area contributed by atoms with Gasteiger partial charge in [0.05, 0.1) is 6.61 Å². The van der Waals surface area contributed by atoms with Gasteiger partial charge in [0.2, 0.25) is 0 Å². The molecule has 0 aliphatic rings. The Bertz CT molecular complexity index is 223. The molecule has 0 atom stereocenters. The minimum Gasteiger partial charge on any atom is -0.395 e. The average Bonchev–Trinajstić information content (AvgIpc) is 2.58.